The summed E-state index contributed by atoms with van der Waals surface area (Å²) in [5.41, 5.74) is 0. The van der Waals surface area contributed by atoms with Crippen LogP contribution in [-0.2, 0) is 16.0 Å². The Labute approximate surface area is 157 Å². The van der Waals surface area contributed by atoms with Crippen molar-refractivity contribution in [2.75, 3.05) is 33.4 Å². The van der Waals surface area contributed by atoms with E-state index in [-0.39, 0.29) is 5.91 Å². The molecular weight excluding hydrogens is 352 g/mol. The Balaban J connectivity index is 1.51. The molecule has 0 aromatic carbocycles. The molecule has 3 rings (SSSR count). The van der Waals surface area contributed by atoms with Crippen LogP contribution in [0.3, 0.4) is 0 Å². The van der Waals surface area contributed by atoms with Crippen LogP contribution in [0.15, 0.2) is 22.0 Å². The first-order chi connectivity index (χ1) is 12.6. The monoisotopic (exact) mass is 378 g/mol. The lowest BCUT2D eigenvalue weighted by Crippen LogP contribution is -2.58. The summed E-state index contributed by atoms with van der Waals surface area (Å²) in [5.74, 6) is 1.25. The van der Waals surface area contributed by atoms with Crippen molar-refractivity contribution in [3.05, 3.63) is 23.4 Å². The van der Waals surface area contributed by atoms with Crippen LogP contribution in [0.2, 0.25) is 0 Å². The molecule has 0 spiro atoms. The summed E-state index contributed by atoms with van der Waals surface area (Å²) in [6.45, 7) is 7.43. The normalized spacial score (nSPS) is 21.3. The molecule has 1 aliphatic rings. The second-order valence-corrected chi connectivity index (χ2v) is 7.66. The van der Waals surface area contributed by atoms with Crippen LogP contribution >= 0.6 is 11.3 Å². The van der Waals surface area contributed by atoms with E-state index >= 15 is 0 Å². The Hall–Kier alpha value is -1.77. The fourth-order valence-corrected chi connectivity index (χ4v) is 4.08. The van der Waals surface area contributed by atoms with E-state index in [2.05, 4.69) is 28.9 Å². The molecule has 1 fully saturated rings. The Morgan fingerprint density at radius 1 is 1.38 bits per heavy atom. The number of piperazine rings is 1. The minimum absolute atomic E-state index is 0.144. The fraction of sp³-hybridized carbons (Fsp3) is 0.611. The standard InChI is InChI=1S/C18H26N4O3S/c1-13-11-21(12-14(2)22(13)8-9-24-3)17(23)7-6-16-19-18(20-25-16)15-5-4-10-26-15/h4-5,10,13-14H,6-9,11-12H2,1-3H3/t13-,14+. The van der Waals surface area contributed by atoms with Crippen LogP contribution in [-0.4, -0.2) is 71.3 Å². The number of hydrogen-bond acceptors (Lipinski definition) is 7. The fourth-order valence-electron chi connectivity index (χ4n) is 3.43. The molecule has 2 aromatic heterocycles. The zero-order valence-electron chi connectivity index (χ0n) is 15.6. The van der Waals surface area contributed by atoms with Crippen LogP contribution < -0.4 is 0 Å². The first-order valence-corrected chi connectivity index (χ1v) is 9.85. The Morgan fingerprint density at radius 2 is 2.15 bits per heavy atom. The highest BCUT2D eigenvalue weighted by molar-refractivity contribution is 7.13. The van der Waals surface area contributed by atoms with Crippen molar-refractivity contribution in [1.82, 2.24) is 19.9 Å². The molecule has 0 saturated carbocycles. The van der Waals surface area contributed by atoms with Gasteiger partial charge in [-0.15, -0.1) is 11.3 Å². The van der Waals surface area contributed by atoms with E-state index < -0.39 is 0 Å². The molecule has 26 heavy (non-hydrogen) atoms. The van der Waals surface area contributed by atoms with E-state index in [1.807, 2.05) is 22.4 Å². The number of thiophene rings is 1. The molecule has 1 aliphatic heterocycles. The van der Waals surface area contributed by atoms with Crippen molar-refractivity contribution in [3.63, 3.8) is 0 Å². The molecule has 1 amide bonds. The predicted molar refractivity (Wildman–Crippen MR) is 100 cm³/mol. The van der Waals surface area contributed by atoms with Gasteiger partial charge >= 0.3 is 0 Å². The van der Waals surface area contributed by atoms with E-state index in [9.17, 15) is 4.79 Å². The van der Waals surface area contributed by atoms with E-state index in [0.29, 0.717) is 43.2 Å². The minimum atomic E-state index is 0.144. The van der Waals surface area contributed by atoms with Gasteiger partial charge in [-0.25, -0.2) is 0 Å². The van der Waals surface area contributed by atoms with E-state index in [1.165, 1.54) is 0 Å². The lowest BCUT2D eigenvalue weighted by molar-refractivity contribution is -0.135. The predicted octanol–water partition coefficient (Wildman–Crippen LogP) is 2.30. The molecular formula is C18H26N4O3S. The zero-order valence-corrected chi connectivity index (χ0v) is 16.4. The number of methoxy groups -OCH3 is 1. The summed E-state index contributed by atoms with van der Waals surface area (Å²) in [4.78, 5) is 22.3. The van der Waals surface area contributed by atoms with Crippen LogP contribution in [0.5, 0.6) is 0 Å². The quantitative estimate of drug-likeness (QED) is 0.736. The molecule has 0 N–H and O–H groups in total. The van der Waals surface area contributed by atoms with Gasteiger partial charge in [0.1, 0.15) is 0 Å². The molecule has 0 aliphatic carbocycles. The minimum Gasteiger partial charge on any atom is -0.383 e. The van der Waals surface area contributed by atoms with E-state index in [0.717, 1.165) is 24.5 Å². The summed E-state index contributed by atoms with van der Waals surface area (Å²) in [5, 5.41) is 5.97. The number of nitrogens with zero attached hydrogens (tertiary/aromatic N) is 4. The Morgan fingerprint density at radius 3 is 2.81 bits per heavy atom. The van der Waals surface area contributed by atoms with Gasteiger partial charge in [0.05, 0.1) is 11.5 Å². The van der Waals surface area contributed by atoms with E-state index in [1.54, 1.807) is 18.4 Å². The number of aryl methyl sites for hydroxylation is 1. The third-order valence-corrected chi connectivity index (χ3v) is 5.64. The van der Waals surface area contributed by atoms with Gasteiger partial charge in [-0.3, -0.25) is 9.69 Å². The van der Waals surface area contributed by atoms with Crippen molar-refractivity contribution in [2.24, 2.45) is 0 Å². The van der Waals surface area contributed by atoms with Crippen molar-refractivity contribution < 1.29 is 14.1 Å². The lowest BCUT2D eigenvalue weighted by Gasteiger charge is -2.44. The van der Waals surface area contributed by atoms with Gasteiger partial charge in [0, 0.05) is 51.7 Å². The molecule has 2 aromatic rings. The molecule has 142 valence electrons. The molecule has 3 heterocycles. The SMILES string of the molecule is COCCN1[C@H](C)CN(C(=O)CCc2nc(-c3cccs3)no2)C[C@@H]1C. The second kappa shape index (κ2) is 8.75. The van der Waals surface area contributed by atoms with Crippen molar-refractivity contribution in [1.29, 1.82) is 0 Å². The van der Waals surface area contributed by atoms with Crippen LogP contribution in [0.1, 0.15) is 26.2 Å². The summed E-state index contributed by atoms with van der Waals surface area (Å²) < 4.78 is 10.5. The number of carbonyl (C=O) groups is 1. The van der Waals surface area contributed by atoms with Gasteiger partial charge < -0.3 is 14.2 Å². The molecule has 0 radical (unpaired) electrons. The second-order valence-electron chi connectivity index (χ2n) is 6.72. The first kappa shape index (κ1) is 19.0. The van der Waals surface area contributed by atoms with Crippen molar-refractivity contribution >= 4 is 17.2 Å². The number of rotatable bonds is 7. The van der Waals surface area contributed by atoms with Gasteiger partial charge in [-0.05, 0) is 25.3 Å². The average Bonchev–Trinajstić information content (AvgIpc) is 3.30. The van der Waals surface area contributed by atoms with E-state index in [4.69, 9.17) is 9.26 Å². The molecule has 0 unspecified atom stereocenters. The zero-order chi connectivity index (χ0) is 18.5. The number of amides is 1. The summed E-state index contributed by atoms with van der Waals surface area (Å²) in [6, 6.07) is 4.56. The highest BCUT2D eigenvalue weighted by Crippen LogP contribution is 2.22. The third-order valence-electron chi connectivity index (χ3n) is 4.77. The lowest BCUT2D eigenvalue weighted by atomic mass is 10.1. The molecule has 7 nitrogen and oxygen atoms in total. The molecule has 2 atom stereocenters. The highest BCUT2D eigenvalue weighted by Gasteiger charge is 2.31. The van der Waals surface area contributed by atoms with Crippen molar-refractivity contribution in [2.45, 2.75) is 38.8 Å². The highest BCUT2D eigenvalue weighted by atomic mass is 32.1. The third kappa shape index (κ3) is 4.49. The smallest absolute Gasteiger partial charge is 0.227 e. The molecule has 1 saturated heterocycles. The van der Waals surface area contributed by atoms with Crippen LogP contribution in [0.25, 0.3) is 10.7 Å². The molecule has 8 heteroatoms. The largest absolute Gasteiger partial charge is 0.383 e. The Bertz CT molecular complexity index is 691. The maximum Gasteiger partial charge on any atom is 0.227 e. The van der Waals surface area contributed by atoms with Crippen molar-refractivity contribution in [3.8, 4) is 10.7 Å². The summed E-state index contributed by atoms with van der Waals surface area (Å²) in [7, 11) is 1.72. The van der Waals surface area contributed by atoms with Crippen LogP contribution in [0.4, 0.5) is 0 Å². The van der Waals surface area contributed by atoms with Gasteiger partial charge in [-0.2, -0.15) is 4.98 Å². The van der Waals surface area contributed by atoms with Gasteiger partial charge in [0.25, 0.3) is 0 Å². The summed E-state index contributed by atoms with van der Waals surface area (Å²) in [6.07, 6.45) is 0.868. The molecule has 0 bridgehead atoms. The summed E-state index contributed by atoms with van der Waals surface area (Å²) >= 11 is 1.57. The average molecular weight is 378 g/mol. The number of hydrogen-bond donors (Lipinski definition) is 0. The Kier molecular flexibility index (Phi) is 6.39. The topological polar surface area (TPSA) is 71.7 Å². The first-order valence-electron chi connectivity index (χ1n) is 8.97. The number of aromatic nitrogens is 2. The number of ether oxygens (including phenoxy) is 1. The maximum atomic E-state index is 12.6. The van der Waals surface area contributed by atoms with Gasteiger partial charge in [0.15, 0.2) is 0 Å². The number of carbonyl (C=O) groups excluding carboxylic acids is 1. The maximum absolute atomic E-state index is 12.6. The van der Waals surface area contributed by atoms with Gasteiger partial charge in [-0.1, -0.05) is 11.2 Å². The van der Waals surface area contributed by atoms with Crippen LogP contribution in [0, 0.1) is 0 Å². The van der Waals surface area contributed by atoms with Gasteiger partial charge in [0.2, 0.25) is 17.6 Å².